The number of carbonyl (C=O) groups is 1. The maximum atomic E-state index is 12.4. The number of amides is 1. The summed E-state index contributed by atoms with van der Waals surface area (Å²) in [4.78, 5) is 12.4. The van der Waals surface area contributed by atoms with Gasteiger partial charge in [0.1, 0.15) is 11.5 Å². The third-order valence-corrected chi connectivity index (χ3v) is 5.29. The highest BCUT2D eigenvalue weighted by molar-refractivity contribution is 6.31. The molecule has 4 nitrogen and oxygen atoms in total. The molecule has 1 aliphatic carbocycles. The number of benzene rings is 3. The summed E-state index contributed by atoms with van der Waals surface area (Å²) in [6.07, 6.45) is 2.23. The first-order valence-corrected chi connectivity index (χ1v) is 9.52. The van der Waals surface area contributed by atoms with Gasteiger partial charge in [0, 0.05) is 22.2 Å². The van der Waals surface area contributed by atoms with Crippen LogP contribution in [0.15, 0.2) is 72.8 Å². The highest BCUT2D eigenvalue weighted by Crippen LogP contribution is 2.48. The van der Waals surface area contributed by atoms with Gasteiger partial charge in [-0.1, -0.05) is 48.0 Å². The van der Waals surface area contributed by atoms with Crippen LogP contribution in [-0.4, -0.2) is 17.6 Å². The van der Waals surface area contributed by atoms with Crippen molar-refractivity contribution in [2.75, 3.05) is 11.9 Å². The molecule has 0 radical (unpaired) electrons. The largest absolute Gasteiger partial charge is 0.507 e. The van der Waals surface area contributed by atoms with Gasteiger partial charge < -0.3 is 15.2 Å². The fourth-order valence-corrected chi connectivity index (χ4v) is 3.40. The van der Waals surface area contributed by atoms with E-state index in [1.165, 1.54) is 23.8 Å². The molecular formula is C23H20ClNO3. The topological polar surface area (TPSA) is 58.6 Å². The van der Waals surface area contributed by atoms with Gasteiger partial charge in [0.25, 0.3) is 5.91 Å². The van der Waals surface area contributed by atoms with Crippen LogP contribution in [0.1, 0.15) is 28.8 Å². The van der Waals surface area contributed by atoms with Crippen LogP contribution in [0, 0.1) is 0 Å². The minimum absolute atomic E-state index is 0.0904. The molecule has 4 rings (SSSR count). The summed E-state index contributed by atoms with van der Waals surface area (Å²) in [6, 6.07) is 22.0. The summed E-state index contributed by atoms with van der Waals surface area (Å²) in [6.45, 7) is 0.601. The molecule has 28 heavy (non-hydrogen) atoms. The molecule has 0 heterocycles. The van der Waals surface area contributed by atoms with Crippen LogP contribution in [0.25, 0.3) is 0 Å². The Morgan fingerprint density at radius 2 is 1.82 bits per heavy atom. The highest BCUT2D eigenvalue weighted by Gasteiger charge is 2.45. The zero-order chi connectivity index (χ0) is 19.6. The third-order valence-electron chi connectivity index (χ3n) is 5.05. The van der Waals surface area contributed by atoms with E-state index >= 15 is 0 Å². The van der Waals surface area contributed by atoms with Gasteiger partial charge in [-0.25, -0.2) is 0 Å². The zero-order valence-electron chi connectivity index (χ0n) is 15.2. The first-order valence-electron chi connectivity index (χ1n) is 9.14. The Labute approximate surface area is 168 Å². The predicted octanol–water partition coefficient (Wildman–Crippen LogP) is 5.41. The summed E-state index contributed by atoms with van der Waals surface area (Å²) in [5, 5.41) is 13.0. The fourth-order valence-electron chi connectivity index (χ4n) is 3.23. The lowest BCUT2D eigenvalue weighted by Crippen LogP contribution is -2.17. The average molecular weight is 394 g/mol. The van der Waals surface area contributed by atoms with Crippen molar-refractivity contribution in [3.8, 4) is 11.5 Å². The second-order valence-electron chi connectivity index (χ2n) is 7.08. The third kappa shape index (κ3) is 3.97. The summed E-state index contributed by atoms with van der Waals surface area (Å²) in [7, 11) is 0. The first kappa shape index (κ1) is 18.4. The maximum absolute atomic E-state index is 12.4. The van der Waals surface area contributed by atoms with Gasteiger partial charge in [0.05, 0.1) is 12.2 Å². The van der Waals surface area contributed by atoms with E-state index in [0.29, 0.717) is 23.1 Å². The Balaban J connectivity index is 1.43. The molecule has 0 unspecified atom stereocenters. The lowest BCUT2D eigenvalue weighted by atomic mass is 9.97. The van der Waals surface area contributed by atoms with E-state index in [-0.39, 0.29) is 16.7 Å². The Hall–Kier alpha value is -2.98. The van der Waals surface area contributed by atoms with Crippen molar-refractivity contribution < 1.29 is 14.6 Å². The molecule has 2 N–H and O–H groups in total. The van der Waals surface area contributed by atoms with E-state index in [2.05, 4.69) is 29.6 Å². The molecule has 0 aromatic heterocycles. The molecule has 142 valence electrons. The highest BCUT2D eigenvalue weighted by atomic mass is 35.5. The minimum atomic E-state index is -0.430. The van der Waals surface area contributed by atoms with Crippen molar-refractivity contribution in [3.05, 3.63) is 88.9 Å². The Morgan fingerprint density at radius 1 is 1.04 bits per heavy atom. The Bertz CT molecular complexity index is 1000. The molecule has 1 saturated carbocycles. The average Bonchev–Trinajstić information content (AvgIpc) is 3.50. The molecule has 0 bridgehead atoms. The van der Waals surface area contributed by atoms with Crippen molar-refractivity contribution in [1.29, 1.82) is 0 Å². The number of hydrogen-bond donors (Lipinski definition) is 2. The van der Waals surface area contributed by atoms with E-state index in [1.807, 2.05) is 18.2 Å². The van der Waals surface area contributed by atoms with Crippen LogP contribution in [0.5, 0.6) is 11.5 Å². The second kappa shape index (κ2) is 7.56. The van der Waals surface area contributed by atoms with Gasteiger partial charge in [-0.05, 0) is 48.7 Å². The van der Waals surface area contributed by atoms with Crippen molar-refractivity contribution in [2.24, 2.45) is 0 Å². The number of phenols is 1. The van der Waals surface area contributed by atoms with Crippen molar-refractivity contribution in [3.63, 3.8) is 0 Å². The normalized spacial score (nSPS) is 14.3. The molecule has 1 fully saturated rings. The quantitative estimate of drug-likeness (QED) is 0.588. The number of aromatic hydroxyl groups is 1. The van der Waals surface area contributed by atoms with Crippen molar-refractivity contribution in [2.45, 2.75) is 18.3 Å². The van der Waals surface area contributed by atoms with Gasteiger partial charge in [0.2, 0.25) is 0 Å². The van der Waals surface area contributed by atoms with Crippen LogP contribution in [0.3, 0.4) is 0 Å². The number of nitrogens with one attached hydrogen (secondary N) is 1. The molecule has 0 saturated heterocycles. The number of anilines is 1. The lowest BCUT2D eigenvalue weighted by Gasteiger charge is -2.17. The molecular weight excluding hydrogens is 374 g/mol. The lowest BCUT2D eigenvalue weighted by molar-refractivity contribution is 0.102. The van der Waals surface area contributed by atoms with Crippen LogP contribution >= 0.6 is 11.6 Å². The number of rotatable bonds is 6. The molecule has 0 atom stereocenters. The van der Waals surface area contributed by atoms with Crippen molar-refractivity contribution in [1.82, 2.24) is 0 Å². The molecule has 3 aromatic rings. The molecule has 1 amide bonds. The van der Waals surface area contributed by atoms with Crippen LogP contribution in [0.2, 0.25) is 5.02 Å². The van der Waals surface area contributed by atoms with E-state index < -0.39 is 5.91 Å². The summed E-state index contributed by atoms with van der Waals surface area (Å²) >= 11 is 5.92. The predicted molar refractivity (Wildman–Crippen MR) is 110 cm³/mol. The number of ether oxygens (including phenoxy) is 1. The first-order chi connectivity index (χ1) is 13.6. The summed E-state index contributed by atoms with van der Waals surface area (Å²) < 4.78 is 6.04. The summed E-state index contributed by atoms with van der Waals surface area (Å²) in [5.74, 6) is 0.142. The number of phenolic OH excluding ortho intramolecular Hbond substituents is 1. The smallest absolute Gasteiger partial charge is 0.259 e. The van der Waals surface area contributed by atoms with Crippen LogP contribution < -0.4 is 10.1 Å². The van der Waals surface area contributed by atoms with Gasteiger partial charge in [-0.15, -0.1) is 0 Å². The van der Waals surface area contributed by atoms with E-state index in [9.17, 15) is 9.90 Å². The van der Waals surface area contributed by atoms with Gasteiger partial charge in [-0.2, -0.15) is 0 Å². The van der Waals surface area contributed by atoms with Gasteiger partial charge in [-0.3, -0.25) is 4.79 Å². The molecule has 3 aromatic carbocycles. The van der Waals surface area contributed by atoms with Gasteiger partial charge >= 0.3 is 0 Å². The SMILES string of the molecule is O=C(Nc1cccc(OCC2(c3ccccc3)CC2)c1)c1cc(Cl)ccc1O. The molecule has 0 spiro atoms. The molecule has 5 heteroatoms. The summed E-state index contributed by atoms with van der Waals surface area (Å²) in [5.41, 5.74) is 2.11. The monoisotopic (exact) mass is 393 g/mol. The zero-order valence-corrected chi connectivity index (χ0v) is 15.9. The second-order valence-corrected chi connectivity index (χ2v) is 7.51. The van der Waals surface area contributed by atoms with E-state index in [0.717, 1.165) is 12.8 Å². The minimum Gasteiger partial charge on any atom is -0.507 e. The molecule has 1 aliphatic rings. The fraction of sp³-hybridized carbons (Fsp3) is 0.174. The Morgan fingerprint density at radius 3 is 2.57 bits per heavy atom. The number of halogens is 1. The molecule has 0 aliphatic heterocycles. The number of carbonyl (C=O) groups excluding carboxylic acids is 1. The number of hydrogen-bond acceptors (Lipinski definition) is 3. The Kier molecular flexibility index (Phi) is 4.97. The standard InChI is InChI=1S/C23H20ClNO3/c24-17-9-10-21(26)20(13-17)22(27)25-18-7-4-8-19(14-18)28-15-23(11-12-23)16-5-2-1-3-6-16/h1-10,13-14,26H,11-12,15H2,(H,25,27). The van der Waals surface area contributed by atoms with Crippen LogP contribution in [-0.2, 0) is 5.41 Å². The van der Waals surface area contributed by atoms with E-state index in [1.54, 1.807) is 12.1 Å². The van der Waals surface area contributed by atoms with E-state index in [4.69, 9.17) is 16.3 Å². The van der Waals surface area contributed by atoms with Crippen LogP contribution in [0.4, 0.5) is 5.69 Å². The maximum Gasteiger partial charge on any atom is 0.259 e. The van der Waals surface area contributed by atoms with Crippen molar-refractivity contribution >= 4 is 23.2 Å². The van der Waals surface area contributed by atoms with Gasteiger partial charge in [0.15, 0.2) is 0 Å².